The van der Waals surface area contributed by atoms with Gasteiger partial charge < -0.3 is 10.1 Å². The fraction of sp³-hybridized carbons (Fsp3) is 0.250. The minimum atomic E-state index is -0.203. The number of benzene rings is 2. The number of halogens is 1. The van der Waals surface area contributed by atoms with Gasteiger partial charge in [0.05, 0.1) is 11.6 Å². The van der Waals surface area contributed by atoms with E-state index in [-0.39, 0.29) is 5.91 Å². The van der Waals surface area contributed by atoms with Crippen LogP contribution >= 0.6 is 22.9 Å². The van der Waals surface area contributed by atoms with Crippen molar-refractivity contribution < 1.29 is 9.53 Å². The molecular formula is C20H20ClNO2S. The molecule has 3 aromatic rings. The van der Waals surface area contributed by atoms with Crippen molar-refractivity contribution in [1.29, 1.82) is 0 Å². The van der Waals surface area contributed by atoms with Crippen LogP contribution in [-0.2, 0) is 0 Å². The molecule has 0 unspecified atom stereocenters. The zero-order valence-electron chi connectivity index (χ0n) is 14.2. The Morgan fingerprint density at radius 2 is 2.00 bits per heavy atom. The molecule has 3 rings (SSSR count). The Morgan fingerprint density at radius 3 is 2.76 bits per heavy atom. The van der Waals surface area contributed by atoms with Crippen LogP contribution in [0.2, 0.25) is 5.02 Å². The summed E-state index contributed by atoms with van der Waals surface area (Å²) in [6.45, 7) is 4.99. The molecule has 0 atom stereocenters. The van der Waals surface area contributed by atoms with Crippen LogP contribution in [0.25, 0.3) is 10.1 Å². The smallest absolute Gasteiger partial charge is 0.267 e. The summed E-state index contributed by atoms with van der Waals surface area (Å²) < 4.78 is 6.74. The maximum absolute atomic E-state index is 12.6. The number of fused-ring (bicyclic) bond motifs is 1. The third kappa shape index (κ3) is 4.33. The molecule has 2 aromatic carbocycles. The molecule has 0 saturated carbocycles. The number of anilines is 1. The summed E-state index contributed by atoms with van der Waals surface area (Å²) >= 11 is 7.77. The molecule has 0 aliphatic carbocycles. The van der Waals surface area contributed by atoms with Crippen molar-refractivity contribution in [3.63, 3.8) is 0 Å². The zero-order valence-corrected chi connectivity index (χ0v) is 15.8. The lowest BCUT2D eigenvalue weighted by atomic mass is 10.1. The van der Waals surface area contributed by atoms with E-state index in [2.05, 4.69) is 19.2 Å². The molecule has 1 amide bonds. The van der Waals surface area contributed by atoms with E-state index in [1.54, 1.807) is 0 Å². The average Bonchev–Trinajstić information content (AvgIpc) is 2.92. The lowest BCUT2D eigenvalue weighted by molar-refractivity contribution is 0.103. The van der Waals surface area contributed by atoms with Crippen molar-refractivity contribution in [3.8, 4) is 5.75 Å². The largest absolute Gasteiger partial charge is 0.494 e. The Hall–Kier alpha value is -2.04. The molecule has 0 spiro atoms. The maximum atomic E-state index is 12.6. The van der Waals surface area contributed by atoms with E-state index in [0.29, 0.717) is 28.1 Å². The first-order valence-corrected chi connectivity index (χ1v) is 9.45. The number of hydrogen-bond acceptors (Lipinski definition) is 3. The van der Waals surface area contributed by atoms with Gasteiger partial charge in [0.15, 0.2) is 0 Å². The third-order valence-corrected chi connectivity index (χ3v) is 5.47. The predicted octanol–water partition coefficient (Wildman–Crippen LogP) is 6.23. The van der Waals surface area contributed by atoms with Gasteiger partial charge in [-0.25, -0.2) is 0 Å². The van der Waals surface area contributed by atoms with E-state index in [1.807, 2.05) is 48.5 Å². The van der Waals surface area contributed by atoms with Crippen LogP contribution in [0.1, 0.15) is 29.9 Å². The first-order valence-electron chi connectivity index (χ1n) is 8.26. The van der Waals surface area contributed by atoms with Crippen molar-refractivity contribution in [2.75, 3.05) is 11.9 Å². The van der Waals surface area contributed by atoms with Crippen LogP contribution in [0.4, 0.5) is 5.69 Å². The van der Waals surface area contributed by atoms with Crippen LogP contribution in [0, 0.1) is 5.92 Å². The van der Waals surface area contributed by atoms with E-state index >= 15 is 0 Å². The Labute approximate surface area is 156 Å². The second kappa shape index (κ2) is 7.89. The molecule has 5 heteroatoms. The molecule has 0 aliphatic heterocycles. The van der Waals surface area contributed by atoms with Crippen LogP contribution in [0.5, 0.6) is 5.75 Å². The van der Waals surface area contributed by atoms with Gasteiger partial charge in [-0.05, 0) is 30.5 Å². The molecule has 1 N–H and O–H groups in total. The molecule has 0 aliphatic rings. The van der Waals surface area contributed by atoms with Crippen molar-refractivity contribution in [3.05, 3.63) is 58.4 Å². The summed E-state index contributed by atoms with van der Waals surface area (Å²) in [7, 11) is 0. The molecule has 25 heavy (non-hydrogen) atoms. The van der Waals surface area contributed by atoms with Crippen LogP contribution in [0.3, 0.4) is 0 Å². The van der Waals surface area contributed by atoms with Gasteiger partial charge in [-0.1, -0.05) is 49.7 Å². The molecule has 0 saturated heterocycles. The number of ether oxygens (including phenoxy) is 1. The predicted molar refractivity (Wildman–Crippen MR) is 106 cm³/mol. The minimum absolute atomic E-state index is 0.203. The van der Waals surface area contributed by atoms with Crippen LogP contribution < -0.4 is 10.1 Å². The first-order chi connectivity index (χ1) is 12.0. The molecule has 3 nitrogen and oxygen atoms in total. The number of nitrogens with one attached hydrogen (secondary N) is 1. The molecule has 1 heterocycles. The number of amides is 1. The van der Waals surface area contributed by atoms with E-state index in [0.717, 1.165) is 22.3 Å². The van der Waals surface area contributed by atoms with E-state index in [9.17, 15) is 4.79 Å². The Morgan fingerprint density at radius 1 is 1.20 bits per heavy atom. The topological polar surface area (TPSA) is 38.3 Å². The normalized spacial score (nSPS) is 11.0. The second-order valence-corrected chi connectivity index (χ2v) is 7.68. The van der Waals surface area contributed by atoms with E-state index < -0.39 is 0 Å². The highest BCUT2D eigenvalue weighted by atomic mass is 35.5. The van der Waals surface area contributed by atoms with Gasteiger partial charge in [0, 0.05) is 21.8 Å². The van der Waals surface area contributed by atoms with Crippen molar-refractivity contribution >= 4 is 44.6 Å². The zero-order chi connectivity index (χ0) is 17.8. The Balaban J connectivity index is 1.73. The fourth-order valence-electron chi connectivity index (χ4n) is 2.42. The first kappa shape index (κ1) is 17.8. The number of hydrogen-bond donors (Lipinski definition) is 1. The summed E-state index contributed by atoms with van der Waals surface area (Å²) in [5, 5.41) is 4.32. The summed E-state index contributed by atoms with van der Waals surface area (Å²) in [5.41, 5.74) is 0.695. The maximum Gasteiger partial charge on any atom is 0.267 e. The lowest BCUT2D eigenvalue weighted by Gasteiger charge is -2.10. The van der Waals surface area contributed by atoms with Gasteiger partial charge in [-0.15, -0.1) is 11.3 Å². The summed E-state index contributed by atoms with van der Waals surface area (Å²) in [6, 6.07) is 15.2. The van der Waals surface area contributed by atoms with Crippen molar-refractivity contribution in [2.45, 2.75) is 20.3 Å². The summed E-state index contributed by atoms with van der Waals surface area (Å²) in [6.07, 6.45) is 0.994. The molecule has 130 valence electrons. The van der Waals surface area contributed by atoms with Gasteiger partial charge in [0.25, 0.3) is 5.91 Å². The highest BCUT2D eigenvalue weighted by Crippen LogP contribution is 2.35. The Kier molecular flexibility index (Phi) is 5.61. The van der Waals surface area contributed by atoms with Crippen LogP contribution in [-0.4, -0.2) is 12.5 Å². The van der Waals surface area contributed by atoms with Gasteiger partial charge in [-0.2, -0.15) is 0 Å². The van der Waals surface area contributed by atoms with E-state index in [1.165, 1.54) is 11.3 Å². The minimum Gasteiger partial charge on any atom is -0.494 e. The number of carbonyl (C=O) groups excluding carboxylic acids is 1. The quantitative estimate of drug-likeness (QED) is 0.556. The number of thiophene rings is 1. The number of carbonyl (C=O) groups is 1. The second-order valence-electron chi connectivity index (χ2n) is 6.25. The SMILES string of the molecule is CC(C)CCOc1cccc(NC(=O)c2sc3ccccc3c2Cl)c1. The molecule has 0 radical (unpaired) electrons. The highest BCUT2D eigenvalue weighted by Gasteiger charge is 2.17. The molecule has 1 aromatic heterocycles. The molecular weight excluding hydrogens is 354 g/mol. The van der Waals surface area contributed by atoms with E-state index in [4.69, 9.17) is 16.3 Å². The lowest BCUT2D eigenvalue weighted by Crippen LogP contribution is -2.10. The monoisotopic (exact) mass is 373 g/mol. The molecule has 0 fully saturated rings. The summed E-state index contributed by atoms with van der Waals surface area (Å²) in [4.78, 5) is 13.1. The third-order valence-electron chi connectivity index (χ3n) is 3.80. The van der Waals surface area contributed by atoms with Gasteiger partial charge in [0.1, 0.15) is 10.6 Å². The number of rotatable bonds is 6. The van der Waals surface area contributed by atoms with Crippen LogP contribution in [0.15, 0.2) is 48.5 Å². The average molecular weight is 374 g/mol. The van der Waals surface area contributed by atoms with Gasteiger partial charge >= 0.3 is 0 Å². The van der Waals surface area contributed by atoms with Gasteiger partial charge in [-0.3, -0.25) is 4.79 Å². The highest BCUT2D eigenvalue weighted by molar-refractivity contribution is 7.21. The fourth-order valence-corrected chi connectivity index (χ4v) is 3.84. The van der Waals surface area contributed by atoms with Crippen molar-refractivity contribution in [2.24, 2.45) is 5.92 Å². The summed E-state index contributed by atoms with van der Waals surface area (Å²) in [5.74, 6) is 1.14. The van der Waals surface area contributed by atoms with Gasteiger partial charge in [0.2, 0.25) is 0 Å². The molecule has 0 bridgehead atoms. The Bertz CT molecular complexity index is 888. The standard InChI is InChI=1S/C20H20ClNO2S/c1-13(2)10-11-24-15-7-5-6-14(12-15)22-20(23)19-18(21)16-8-3-4-9-17(16)25-19/h3-9,12-13H,10-11H2,1-2H3,(H,22,23). The van der Waals surface area contributed by atoms with Crippen molar-refractivity contribution in [1.82, 2.24) is 0 Å².